The molecule has 1 heterocycles. The number of carbonyl (C=O) groups is 2. The third-order valence-corrected chi connectivity index (χ3v) is 3.51. The summed E-state index contributed by atoms with van der Waals surface area (Å²) >= 11 is 11.7. The number of rotatable bonds is 1. The molecule has 0 bridgehead atoms. The number of imide groups is 1. The SMILES string of the molecule is CC1=C(C)C(=O)N(c2ccc(Cl)c(Cl)c2)C1=O. The Morgan fingerprint density at radius 2 is 1.47 bits per heavy atom. The molecule has 1 aliphatic rings. The molecule has 0 saturated carbocycles. The van der Waals surface area contributed by atoms with Crippen LogP contribution in [0.2, 0.25) is 10.0 Å². The van der Waals surface area contributed by atoms with E-state index < -0.39 is 0 Å². The topological polar surface area (TPSA) is 37.4 Å². The quantitative estimate of drug-likeness (QED) is 0.735. The molecule has 0 saturated heterocycles. The van der Waals surface area contributed by atoms with Crippen LogP contribution in [0.25, 0.3) is 0 Å². The Hall–Kier alpha value is -1.32. The number of halogens is 2. The summed E-state index contributed by atoms with van der Waals surface area (Å²) in [5, 5.41) is 0.697. The lowest BCUT2D eigenvalue weighted by Gasteiger charge is -2.15. The van der Waals surface area contributed by atoms with Crippen LogP contribution in [-0.4, -0.2) is 11.8 Å². The molecule has 0 atom stereocenters. The van der Waals surface area contributed by atoms with Gasteiger partial charge >= 0.3 is 0 Å². The maximum Gasteiger partial charge on any atom is 0.261 e. The monoisotopic (exact) mass is 269 g/mol. The van der Waals surface area contributed by atoms with E-state index in [-0.39, 0.29) is 11.8 Å². The van der Waals surface area contributed by atoms with Crippen LogP contribution in [-0.2, 0) is 9.59 Å². The van der Waals surface area contributed by atoms with E-state index >= 15 is 0 Å². The number of anilines is 1. The highest BCUT2D eigenvalue weighted by Gasteiger charge is 2.34. The van der Waals surface area contributed by atoms with E-state index in [2.05, 4.69) is 0 Å². The molecule has 88 valence electrons. The molecule has 0 radical (unpaired) electrons. The van der Waals surface area contributed by atoms with Crippen molar-refractivity contribution in [2.24, 2.45) is 0 Å². The predicted molar refractivity (Wildman–Crippen MR) is 67.3 cm³/mol. The average molecular weight is 270 g/mol. The summed E-state index contributed by atoms with van der Waals surface area (Å²) in [4.78, 5) is 24.9. The van der Waals surface area contributed by atoms with Crippen LogP contribution in [0.15, 0.2) is 29.3 Å². The van der Waals surface area contributed by atoms with E-state index in [0.29, 0.717) is 26.9 Å². The summed E-state index contributed by atoms with van der Waals surface area (Å²) in [6.45, 7) is 3.26. The molecule has 1 aromatic carbocycles. The van der Waals surface area contributed by atoms with Gasteiger partial charge in [-0.1, -0.05) is 23.2 Å². The highest BCUT2D eigenvalue weighted by Crippen LogP contribution is 2.31. The Morgan fingerprint density at radius 3 is 1.94 bits per heavy atom. The van der Waals surface area contributed by atoms with E-state index in [1.165, 1.54) is 6.07 Å². The van der Waals surface area contributed by atoms with Gasteiger partial charge in [0.15, 0.2) is 0 Å². The van der Waals surface area contributed by atoms with E-state index in [0.717, 1.165) is 4.90 Å². The molecule has 3 nitrogen and oxygen atoms in total. The second-order valence-corrected chi connectivity index (χ2v) is 4.61. The summed E-state index contributed by atoms with van der Waals surface area (Å²) in [6, 6.07) is 4.66. The normalized spacial score (nSPS) is 16.1. The first kappa shape index (κ1) is 12.1. The number of benzene rings is 1. The van der Waals surface area contributed by atoms with Crippen LogP contribution in [0, 0.1) is 0 Å². The fourth-order valence-corrected chi connectivity index (χ4v) is 1.90. The Labute approximate surface area is 109 Å². The van der Waals surface area contributed by atoms with Crippen LogP contribution in [0.5, 0.6) is 0 Å². The maximum absolute atomic E-state index is 11.9. The fourth-order valence-electron chi connectivity index (χ4n) is 1.61. The van der Waals surface area contributed by atoms with Crippen molar-refractivity contribution in [2.75, 3.05) is 4.90 Å². The van der Waals surface area contributed by atoms with E-state index in [4.69, 9.17) is 23.2 Å². The summed E-state index contributed by atoms with van der Waals surface area (Å²) in [5.74, 6) is -0.628. The van der Waals surface area contributed by atoms with Crippen LogP contribution in [0.4, 0.5) is 5.69 Å². The number of hydrogen-bond acceptors (Lipinski definition) is 2. The van der Waals surface area contributed by atoms with Gasteiger partial charge in [0.2, 0.25) is 0 Å². The first-order valence-electron chi connectivity index (χ1n) is 4.95. The van der Waals surface area contributed by atoms with Gasteiger partial charge in [-0.3, -0.25) is 9.59 Å². The Balaban J connectivity index is 2.47. The molecular weight excluding hydrogens is 261 g/mol. The van der Waals surface area contributed by atoms with Crippen molar-refractivity contribution in [3.63, 3.8) is 0 Å². The lowest BCUT2D eigenvalue weighted by atomic mass is 10.2. The molecule has 0 unspecified atom stereocenters. The van der Waals surface area contributed by atoms with E-state index in [9.17, 15) is 9.59 Å². The average Bonchev–Trinajstić information content (AvgIpc) is 2.48. The number of carbonyl (C=O) groups excluding carboxylic acids is 2. The van der Waals surface area contributed by atoms with E-state index in [1.807, 2.05) is 0 Å². The highest BCUT2D eigenvalue weighted by molar-refractivity contribution is 6.42. The van der Waals surface area contributed by atoms with Gasteiger partial charge in [0.05, 0.1) is 15.7 Å². The van der Waals surface area contributed by atoms with Crippen LogP contribution >= 0.6 is 23.2 Å². The van der Waals surface area contributed by atoms with Gasteiger partial charge in [-0.15, -0.1) is 0 Å². The van der Waals surface area contributed by atoms with Gasteiger partial charge < -0.3 is 0 Å². The molecule has 2 amide bonds. The third kappa shape index (κ3) is 1.85. The van der Waals surface area contributed by atoms with Crippen molar-refractivity contribution < 1.29 is 9.59 Å². The van der Waals surface area contributed by atoms with E-state index in [1.54, 1.807) is 26.0 Å². The second kappa shape index (κ2) is 4.17. The van der Waals surface area contributed by atoms with Gasteiger partial charge in [-0.25, -0.2) is 4.90 Å². The number of nitrogens with zero attached hydrogens (tertiary/aromatic N) is 1. The lowest BCUT2D eigenvalue weighted by molar-refractivity contribution is -0.120. The van der Waals surface area contributed by atoms with Crippen LogP contribution < -0.4 is 4.90 Å². The smallest absolute Gasteiger partial charge is 0.261 e. The minimum Gasteiger partial charge on any atom is -0.269 e. The molecule has 2 rings (SSSR count). The zero-order chi connectivity index (χ0) is 12.7. The predicted octanol–water partition coefficient (Wildman–Crippen LogP) is 3.20. The van der Waals surface area contributed by atoms with Crippen molar-refractivity contribution >= 4 is 40.7 Å². The molecule has 1 aliphatic heterocycles. The lowest BCUT2D eigenvalue weighted by Crippen LogP contribution is -2.31. The van der Waals surface area contributed by atoms with Gasteiger partial charge in [0, 0.05) is 11.1 Å². The Bertz CT molecular complexity index is 540. The summed E-state index contributed by atoms with van der Waals surface area (Å²) in [5.41, 5.74) is 1.35. The molecule has 17 heavy (non-hydrogen) atoms. The fraction of sp³-hybridized carbons (Fsp3) is 0.167. The molecule has 0 N–H and O–H groups in total. The van der Waals surface area contributed by atoms with Crippen LogP contribution in [0.1, 0.15) is 13.8 Å². The highest BCUT2D eigenvalue weighted by atomic mass is 35.5. The van der Waals surface area contributed by atoms with Crippen molar-refractivity contribution in [2.45, 2.75) is 13.8 Å². The molecule has 0 aromatic heterocycles. The maximum atomic E-state index is 11.9. The molecular formula is C12H9Cl2NO2. The summed E-state index contributed by atoms with van der Waals surface area (Å²) < 4.78 is 0. The summed E-state index contributed by atoms with van der Waals surface area (Å²) in [7, 11) is 0. The molecule has 1 aromatic rings. The first-order chi connectivity index (χ1) is 7.93. The molecule has 0 aliphatic carbocycles. The number of amides is 2. The molecule has 0 spiro atoms. The van der Waals surface area contributed by atoms with Crippen LogP contribution in [0.3, 0.4) is 0 Å². The largest absolute Gasteiger partial charge is 0.269 e. The first-order valence-corrected chi connectivity index (χ1v) is 5.70. The van der Waals surface area contributed by atoms with Gasteiger partial charge in [-0.2, -0.15) is 0 Å². The zero-order valence-corrected chi connectivity index (χ0v) is 10.8. The van der Waals surface area contributed by atoms with Gasteiger partial charge in [0.1, 0.15) is 0 Å². The molecule has 0 fully saturated rings. The number of hydrogen-bond donors (Lipinski definition) is 0. The standard InChI is InChI=1S/C12H9Cl2NO2/c1-6-7(2)12(17)15(11(6)16)8-3-4-9(13)10(14)5-8/h3-5H,1-2H3. The second-order valence-electron chi connectivity index (χ2n) is 3.79. The third-order valence-electron chi connectivity index (χ3n) is 2.77. The Morgan fingerprint density at radius 1 is 0.941 bits per heavy atom. The van der Waals surface area contributed by atoms with Crippen molar-refractivity contribution in [1.82, 2.24) is 0 Å². The Kier molecular flexibility index (Phi) is 2.98. The van der Waals surface area contributed by atoms with Gasteiger partial charge in [-0.05, 0) is 32.0 Å². The summed E-state index contributed by atoms with van der Waals surface area (Å²) in [6.07, 6.45) is 0. The molecule has 5 heteroatoms. The van der Waals surface area contributed by atoms with Gasteiger partial charge in [0.25, 0.3) is 11.8 Å². The van der Waals surface area contributed by atoms with Crippen molar-refractivity contribution in [3.8, 4) is 0 Å². The van der Waals surface area contributed by atoms with Crippen molar-refractivity contribution in [1.29, 1.82) is 0 Å². The zero-order valence-electron chi connectivity index (χ0n) is 9.25. The minimum atomic E-state index is -0.314. The van der Waals surface area contributed by atoms with Crippen molar-refractivity contribution in [3.05, 3.63) is 39.4 Å². The minimum absolute atomic E-state index is 0.312.